The molecule has 0 bridgehead atoms. The van der Waals surface area contributed by atoms with Crippen LogP contribution in [0.2, 0.25) is 0 Å². The third-order valence-corrected chi connectivity index (χ3v) is 5.06. The van der Waals surface area contributed by atoms with Crippen LogP contribution in [0.25, 0.3) is 0 Å². The van der Waals surface area contributed by atoms with Gasteiger partial charge in [0.1, 0.15) is 0 Å². The van der Waals surface area contributed by atoms with Gasteiger partial charge in [-0.1, -0.05) is 38.4 Å². The fourth-order valence-corrected chi connectivity index (χ4v) is 2.85. The minimum absolute atomic E-state index is 0.113. The van der Waals surface area contributed by atoms with Gasteiger partial charge in [-0.3, -0.25) is 4.79 Å². The highest BCUT2D eigenvalue weighted by Crippen LogP contribution is 2.39. The molecule has 0 saturated heterocycles. The van der Waals surface area contributed by atoms with Crippen molar-refractivity contribution in [3.63, 3.8) is 0 Å². The average Bonchev–Trinajstić information content (AvgIpc) is 2.37. The minimum atomic E-state index is -0.589. The number of nitrogens with two attached hydrogens (primary N) is 1. The largest absolute Gasteiger partial charge is 0.392 e. The first-order chi connectivity index (χ1) is 8.28. The molecule has 1 aliphatic carbocycles. The van der Waals surface area contributed by atoms with Crippen LogP contribution in [0.5, 0.6) is 0 Å². The lowest BCUT2D eigenvalue weighted by Gasteiger charge is -2.43. The molecule has 0 spiro atoms. The van der Waals surface area contributed by atoms with Gasteiger partial charge in [-0.05, 0) is 33.1 Å². The SMILES string of the molecule is CCC(C)(C)N(C)C(=O)C1(C(N)=S)CCCCC1. The van der Waals surface area contributed by atoms with E-state index >= 15 is 0 Å². The van der Waals surface area contributed by atoms with Crippen molar-refractivity contribution < 1.29 is 4.79 Å². The first-order valence-electron chi connectivity index (χ1n) is 6.86. The standard InChI is InChI=1S/C14H26N2OS/c1-5-13(2,3)16(4)12(17)14(11(15)18)9-7-6-8-10-14/h5-10H2,1-4H3,(H2,15,18). The predicted molar refractivity (Wildman–Crippen MR) is 79.4 cm³/mol. The molecule has 1 amide bonds. The molecule has 0 unspecified atom stereocenters. The van der Waals surface area contributed by atoms with Gasteiger partial charge in [0.15, 0.2) is 0 Å². The summed E-state index contributed by atoms with van der Waals surface area (Å²) in [4.78, 5) is 15.1. The highest BCUT2D eigenvalue weighted by Gasteiger charge is 2.46. The van der Waals surface area contributed by atoms with Gasteiger partial charge in [0, 0.05) is 12.6 Å². The van der Waals surface area contributed by atoms with Crippen LogP contribution in [-0.2, 0) is 4.79 Å². The molecule has 1 saturated carbocycles. The van der Waals surface area contributed by atoms with Crippen molar-refractivity contribution in [1.82, 2.24) is 4.90 Å². The van der Waals surface area contributed by atoms with Crippen LogP contribution in [-0.4, -0.2) is 28.4 Å². The van der Waals surface area contributed by atoms with Crippen molar-refractivity contribution in [3.8, 4) is 0 Å². The normalized spacial score (nSPS) is 19.3. The summed E-state index contributed by atoms with van der Waals surface area (Å²) >= 11 is 5.21. The van der Waals surface area contributed by atoms with Crippen LogP contribution in [0, 0.1) is 5.41 Å². The third kappa shape index (κ3) is 2.68. The Morgan fingerprint density at radius 3 is 2.22 bits per heavy atom. The van der Waals surface area contributed by atoms with Crippen molar-refractivity contribution in [2.45, 2.75) is 64.8 Å². The summed E-state index contributed by atoms with van der Waals surface area (Å²) in [6.45, 7) is 6.26. The fraction of sp³-hybridized carbons (Fsp3) is 0.857. The summed E-state index contributed by atoms with van der Waals surface area (Å²) in [6, 6.07) is 0. The van der Waals surface area contributed by atoms with Crippen LogP contribution >= 0.6 is 12.2 Å². The van der Waals surface area contributed by atoms with E-state index in [1.165, 1.54) is 6.42 Å². The van der Waals surface area contributed by atoms with E-state index in [0.717, 1.165) is 32.1 Å². The molecule has 3 nitrogen and oxygen atoms in total. The fourth-order valence-electron chi connectivity index (χ4n) is 2.55. The van der Waals surface area contributed by atoms with Crippen LogP contribution in [0.15, 0.2) is 0 Å². The Balaban J connectivity index is 3.00. The van der Waals surface area contributed by atoms with Crippen LogP contribution in [0.3, 0.4) is 0 Å². The molecule has 0 aromatic carbocycles. The minimum Gasteiger partial charge on any atom is -0.392 e. The van der Waals surface area contributed by atoms with E-state index in [9.17, 15) is 4.79 Å². The molecule has 0 aliphatic heterocycles. The van der Waals surface area contributed by atoms with Gasteiger partial charge < -0.3 is 10.6 Å². The Morgan fingerprint density at radius 2 is 1.83 bits per heavy atom. The van der Waals surface area contributed by atoms with Gasteiger partial charge in [0.05, 0.1) is 10.4 Å². The molecule has 0 radical (unpaired) electrons. The lowest BCUT2D eigenvalue weighted by Crippen LogP contribution is -2.56. The van der Waals surface area contributed by atoms with E-state index in [1.807, 2.05) is 11.9 Å². The zero-order valence-electron chi connectivity index (χ0n) is 12.1. The van der Waals surface area contributed by atoms with Crippen molar-refractivity contribution in [1.29, 1.82) is 0 Å². The maximum Gasteiger partial charge on any atom is 0.235 e. The summed E-state index contributed by atoms with van der Waals surface area (Å²) in [5.74, 6) is 0.113. The second-order valence-electron chi connectivity index (χ2n) is 6.04. The summed E-state index contributed by atoms with van der Waals surface area (Å²) in [7, 11) is 1.88. The van der Waals surface area contributed by atoms with Crippen molar-refractivity contribution in [3.05, 3.63) is 0 Å². The zero-order valence-corrected chi connectivity index (χ0v) is 12.9. The molecular formula is C14H26N2OS. The number of thiocarbonyl (C=S) groups is 1. The second kappa shape index (κ2) is 5.55. The quantitative estimate of drug-likeness (QED) is 0.799. The van der Waals surface area contributed by atoms with E-state index in [-0.39, 0.29) is 11.4 Å². The molecule has 4 heteroatoms. The topological polar surface area (TPSA) is 46.3 Å². The molecule has 2 N–H and O–H groups in total. The van der Waals surface area contributed by atoms with Crippen molar-refractivity contribution in [2.24, 2.45) is 11.1 Å². The van der Waals surface area contributed by atoms with Gasteiger partial charge in [-0.15, -0.1) is 0 Å². The van der Waals surface area contributed by atoms with E-state index in [4.69, 9.17) is 18.0 Å². The Labute approximate surface area is 116 Å². The Kier molecular flexibility index (Phi) is 4.76. The lowest BCUT2D eigenvalue weighted by molar-refractivity contribution is -0.143. The van der Waals surface area contributed by atoms with Gasteiger partial charge in [0.2, 0.25) is 5.91 Å². The highest BCUT2D eigenvalue weighted by molar-refractivity contribution is 7.80. The average molecular weight is 270 g/mol. The number of hydrogen-bond acceptors (Lipinski definition) is 2. The molecule has 1 fully saturated rings. The smallest absolute Gasteiger partial charge is 0.235 e. The molecule has 0 atom stereocenters. The summed E-state index contributed by atoms with van der Waals surface area (Å²) in [5, 5.41) is 0. The van der Waals surface area contributed by atoms with Gasteiger partial charge in [-0.25, -0.2) is 0 Å². The third-order valence-electron chi connectivity index (χ3n) is 4.67. The summed E-state index contributed by atoms with van der Waals surface area (Å²) in [5.41, 5.74) is 5.17. The van der Waals surface area contributed by atoms with Crippen LogP contribution < -0.4 is 5.73 Å². The van der Waals surface area contributed by atoms with Crippen LogP contribution in [0.1, 0.15) is 59.3 Å². The predicted octanol–water partition coefficient (Wildman–Crippen LogP) is 2.87. The number of rotatable bonds is 4. The molecule has 1 rings (SSSR count). The Bertz CT molecular complexity index is 333. The summed E-state index contributed by atoms with van der Waals surface area (Å²) < 4.78 is 0. The second-order valence-corrected chi connectivity index (χ2v) is 6.48. The Hall–Kier alpha value is -0.640. The number of carbonyl (C=O) groups excluding carboxylic acids is 1. The molecule has 0 aromatic heterocycles. The first kappa shape index (κ1) is 15.4. The Morgan fingerprint density at radius 1 is 1.33 bits per heavy atom. The number of hydrogen-bond donors (Lipinski definition) is 1. The maximum absolute atomic E-state index is 12.8. The molecule has 1 aliphatic rings. The van der Waals surface area contributed by atoms with E-state index in [0.29, 0.717) is 4.99 Å². The van der Waals surface area contributed by atoms with Crippen molar-refractivity contribution in [2.75, 3.05) is 7.05 Å². The monoisotopic (exact) mass is 270 g/mol. The zero-order chi connectivity index (χ0) is 14.0. The molecule has 18 heavy (non-hydrogen) atoms. The van der Waals surface area contributed by atoms with Crippen LogP contribution in [0.4, 0.5) is 0 Å². The first-order valence-corrected chi connectivity index (χ1v) is 7.27. The summed E-state index contributed by atoms with van der Waals surface area (Å²) in [6.07, 6.45) is 5.81. The van der Waals surface area contributed by atoms with E-state index < -0.39 is 5.41 Å². The van der Waals surface area contributed by atoms with Gasteiger partial charge in [0.25, 0.3) is 0 Å². The number of nitrogens with zero attached hydrogens (tertiary/aromatic N) is 1. The van der Waals surface area contributed by atoms with Gasteiger partial charge in [-0.2, -0.15) is 0 Å². The van der Waals surface area contributed by atoms with Crippen molar-refractivity contribution >= 4 is 23.1 Å². The number of carbonyl (C=O) groups is 1. The number of amides is 1. The van der Waals surface area contributed by atoms with E-state index in [1.54, 1.807) is 0 Å². The molecule has 0 aromatic rings. The maximum atomic E-state index is 12.8. The molecule has 104 valence electrons. The van der Waals surface area contributed by atoms with E-state index in [2.05, 4.69) is 20.8 Å². The van der Waals surface area contributed by atoms with Gasteiger partial charge >= 0.3 is 0 Å². The highest BCUT2D eigenvalue weighted by atomic mass is 32.1. The lowest BCUT2D eigenvalue weighted by atomic mass is 9.72. The molecule has 0 heterocycles. The molecular weight excluding hydrogens is 244 g/mol.